The number of nitrogens with zero attached hydrogens (tertiary/aromatic N) is 1. The van der Waals surface area contributed by atoms with Crippen molar-refractivity contribution in [2.45, 2.75) is 72.8 Å². The molecule has 0 spiro atoms. The van der Waals surface area contributed by atoms with Crippen molar-refractivity contribution in [2.24, 2.45) is 5.92 Å². The van der Waals surface area contributed by atoms with Crippen molar-refractivity contribution < 1.29 is 8.78 Å². The third kappa shape index (κ3) is 5.76. The molecule has 1 aliphatic carbocycles. The molecule has 0 saturated heterocycles. The van der Waals surface area contributed by atoms with Crippen molar-refractivity contribution in [1.82, 2.24) is 5.43 Å². The fraction of sp³-hybridized carbons (Fsp3) is 0.684. The van der Waals surface area contributed by atoms with Crippen LogP contribution in [-0.4, -0.2) is 12.5 Å². The van der Waals surface area contributed by atoms with Crippen LogP contribution in [0.4, 0.5) is 14.5 Å². The van der Waals surface area contributed by atoms with E-state index in [0.29, 0.717) is 6.54 Å². The number of unbranched alkanes of at least 4 members (excludes halogenated alkanes) is 2. The number of rotatable bonds is 4. The first kappa shape index (κ1) is 19.9. The molecule has 0 radical (unpaired) electrons. The molecule has 1 aromatic carbocycles. The van der Waals surface area contributed by atoms with E-state index in [9.17, 15) is 8.78 Å². The molecule has 4 heteroatoms. The second-order valence-corrected chi connectivity index (χ2v) is 6.09. The van der Waals surface area contributed by atoms with Crippen LogP contribution in [0.1, 0.15) is 64.5 Å². The summed E-state index contributed by atoms with van der Waals surface area (Å²) in [6, 6.07) is 6.16. The number of halogens is 2. The van der Waals surface area contributed by atoms with E-state index < -0.39 is 11.8 Å². The molecule has 1 fully saturated rings. The maximum atomic E-state index is 12.9. The number of anilines is 1. The van der Waals surface area contributed by atoms with Gasteiger partial charge in [-0.05, 0) is 24.1 Å². The Kier molecular flexibility index (Phi) is 7.97. The lowest BCUT2D eigenvalue weighted by Gasteiger charge is -2.19. The minimum atomic E-state index is -2.44. The topological polar surface area (TPSA) is 15.3 Å². The maximum Gasteiger partial charge on any atom is 0.253 e. The van der Waals surface area contributed by atoms with Gasteiger partial charge >= 0.3 is 0 Å². The van der Waals surface area contributed by atoms with Gasteiger partial charge in [0.15, 0.2) is 0 Å². The minimum Gasteiger partial charge on any atom is -0.307 e. The van der Waals surface area contributed by atoms with Gasteiger partial charge in [0.2, 0.25) is 0 Å². The molecule has 1 heterocycles. The van der Waals surface area contributed by atoms with Gasteiger partial charge < -0.3 is 5.01 Å². The predicted octanol–water partition coefficient (Wildman–Crippen LogP) is 5.70. The number of aryl methyl sites for hydroxylation is 1. The molecule has 23 heavy (non-hydrogen) atoms. The van der Waals surface area contributed by atoms with Crippen molar-refractivity contribution in [3.05, 3.63) is 29.3 Å². The van der Waals surface area contributed by atoms with Gasteiger partial charge in [0.05, 0.1) is 5.69 Å². The zero-order chi connectivity index (χ0) is 17.5. The normalized spacial score (nSPS) is 20.0. The Bertz CT molecular complexity index is 472. The molecular formula is C19H32F2N2. The highest BCUT2D eigenvalue weighted by atomic mass is 19.3. The Labute approximate surface area is 140 Å². The molecule has 1 saturated carbocycles. The van der Waals surface area contributed by atoms with Gasteiger partial charge in [0, 0.05) is 25.4 Å². The Balaban J connectivity index is 0.000000327. The van der Waals surface area contributed by atoms with E-state index in [-0.39, 0.29) is 6.42 Å². The van der Waals surface area contributed by atoms with Gasteiger partial charge in [-0.25, -0.2) is 14.2 Å². The quantitative estimate of drug-likeness (QED) is 0.764. The third-order valence-electron chi connectivity index (χ3n) is 4.06. The van der Waals surface area contributed by atoms with Gasteiger partial charge in [-0.1, -0.05) is 59.1 Å². The number of hydrogen-bond donors (Lipinski definition) is 1. The van der Waals surface area contributed by atoms with Crippen LogP contribution in [0.15, 0.2) is 18.2 Å². The first-order valence-electron chi connectivity index (χ1n) is 8.96. The summed E-state index contributed by atoms with van der Waals surface area (Å²) in [6.45, 7) is 11.6. The number of hydrogen-bond acceptors (Lipinski definition) is 2. The summed E-state index contributed by atoms with van der Waals surface area (Å²) in [5.41, 5.74) is 6.57. The Hall–Kier alpha value is -1.16. The molecule has 2 nitrogen and oxygen atoms in total. The highest BCUT2D eigenvalue weighted by molar-refractivity contribution is 5.57. The Morgan fingerprint density at radius 2 is 1.83 bits per heavy atom. The van der Waals surface area contributed by atoms with Crippen LogP contribution >= 0.6 is 0 Å². The standard InChI is InChI=1S/C12H14F2N2.C5H12.C2H6/c1-8-2-3-9-6-15-16(11(9)4-8)7-10-5-12(10,13)14;1-3-5-4-2;1-2/h2-4,10,15H,5-7H2,1H3;3-5H2,1-2H3;1-2H3. The first-order valence-corrected chi connectivity index (χ1v) is 8.96. The monoisotopic (exact) mass is 326 g/mol. The van der Waals surface area contributed by atoms with Crippen LogP contribution in [0.5, 0.6) is 0 Å². The predicted molar refractivity (Wildman–Crippen MR) is 95.0 cm³/mol. The van der Waals surface area contributed by atoms with Crippen molar-refractivity contribution in [3.63, 3.8) is 0 Å². The summed E-state index contributed by atoms with van der Waals surface area (Å²) in [5, 5.41) is 1.87. The van der Waals surface area contributed by atoms with Gasteiger partial charge in [-0.3, -0.25) is 0 Å². The zero-order valence-corrected chi connectivity index (χ0v) is 15.3. The van der Waals surface area contributed by atoms with E-state index in [0.717, 1.165) is 17.8 Å². The molecule has 0 amide bonds. The van der Waals surface area contributed by atoms with E-state index in [1.165, 1.54) is 24.8 Å². The van der Waals surface area contributed by atoms with Crippen LogP contribution in [0.25, 0.3) is 0 Å². The van der Waals surface area contributed by atoms with Crippen LogP contribution < -0.4 is 10.4 Å². The van der Waals surface area contributed by atoms with Gasteiger partial charge in [-0.2, -0.15) is 0 Å². The second-order valence-electron chi connectivity index (χ2n) is 6.09. The molecule has 1 atom stereocenters. The number of benzene rings is 1. The molecule has 3 rings (SSSR count). The van der Waals surface area contributed by atoms with Crippen LogP contribution in [0.2, 0.25) is 0 Å². The maximum absolute atomic E-state index is 12.9. The van der Waals surface area contributed by atoms with Crippen molar-refractivity contribution in [1.29, 1.82) is 0 Å². The molecule has 132 valence electrons. The number of nitrogens with one attached hydrogen (secondary N) is 1. The summed E-state index contributed by atoms with van der Waals surface area (Å²) in [7, 11) is 0. The van der Waals surface area contributed by atoms with Crippen molar-refractivity contribution >= 4 is 5.69 Å². The van der Waals surface area contributed by atoms with Crippen molar-refractivity contribution in [3.8, 4) is 0 Å². The van der Waals surface area contributed by atoms with Crippen molar-refractivity contribution in [2.75, 3.05) is 11.6 Å². The number of alkyl halides is 2. The smallest absolute Gasteiger partial charge is 0.253 e. The second kappa shape index (κ2) is 9.21. The molecule has 1 aromatic rings. The molecule has 1 unspecified atom stereocenters. The highest BCUT2D eigenvalue weighted by Gasteiger charge is 2.57. The lowest BCUT2D eigenvalue weighted by Crippen LogP contribution is -2.34. The fourth-order valence-corrected chi connectivity index (χ4v) is 2.54. The molecule has 1 aliphatic heterocycles. The lowest BCUT2D eigenvalue weighted by atomic mass is 10.1. The van der Waals surface area contributed by atoms with E-state index in [2.05, 4.69) is 37.5 Å². The summed E-state index contributed by atoms with van der Waals surface area (Å²) < 4.78 is 25.7. The third-order valence-corrected chi connectivity index (χ3v) is 4.06. The molecular weight excluding hydrogens is 294 g/mol. The fourth-order valence-electron chi connectivity index (χ4n) is 2.54. The molecule has 2 aliphatic rings. The van der Waals surface area contributed by atoms with Crippen LogP contribution in [0, 0.1) is 12.8 Å². The zero-order valence-electron chi connectivity index (χ0n) is 15.3. The minimum absolute atomic E-state index is 0.0341. The first-order chi connectivity index (χ1) is 11.0. The summed E-state index contributed by atoms with van der Waals surface area (Å²) >= 11 is 0. The number of fused-ring (bicyclic) bond motifs is 1. The van der Waals surface area contributed by atoms with E-state index >= 15 is 0 Å². The largest absolute Gasteiger partial charge is 0.307 e. The number of hydrazine groups is 1. The average molecular weight is 326 g/mol. The molecule has 0 bridgehead atoms. The van der Waals surface area contributed by atoms with Crippen LogP contribution in [0.3, 0.4) is 0 Å². The van der Waals surface area contributed by atoms with E-state index in [1.54, 1.807) is 0 Å². The van der Waals surface area contributed by atoms with E-state index in [4.69, 9.17) is 0 Å². The summed E-state index contributed by atoms with van der Waals surface area (Å²) in [4.78, 5) is 0. The van der Waals surface area contributed by atoms with Gasteiger partial charge in [0.1, 0.15) is 0 Å². The van der Waals surface area contributed by atoms with Crippen LogP contribution in [-0.2, 0) is 6.54 Å². The molecule has 1 N–H and O–H groups in total. The lowest BCUT2D eigenvalue weighted by molar-refractivity contribution is 0.0996. The SMILES string of the molecule is CC.CCCCC.Cc1ccc2c(c1)N(CC1CC1(F)F)NC2. The highest BCUT2D eigenvalue weighted by Crippen LogP contribution is 2.49. The Morgan fingerprint density at radius 1 is 1.22 bits per heavy atom. The van der Waals surface area contributed by atoms with Gasteiger partial charge in [-0.15, -0.1) is 0 Å². The van der Waals surface area contributed by atoms with E-state index in [1.807, 2.05) is 25.8 Å². The summed E-state index contributed by atoms with van der Waals surface area (Å²) in [5.74, 6) is -2.92. The average Bonchev–Trinajstić information content (AvgIpc) is 2.94. The molecule has 0 aromatic heterocycles. The summed E-state index contributed by atoms with van der Waals surface area (Å²) in [6.07, 6.45) is 4.11. The van der Waals surface area contributed by atoms with Gasteiger partial charge in [0.25, 0.3) is 5.92 Å². The Morgan fingerprint density at radius 3 is 2.30 bits per heavy atom.